The first-order valence-corrected chi connectivity index (χ1v) is 9.50. The van der Waals surface area contributed by atoms with Crippen molar-refractivity contribution in [3.63, 3.8) is 0 Å². The third-order valence-corrected chi connectivity index (χ3v) is 5.76. The molecule has 128 valence electrons. The second-order valence-electron chi connectivity index (χ2n) is 5.79. The number of ether oxygens (including phenoxy) is 1. The van der Waals surface area contributed by atoms with Gasteiger partial charge < -0.3 is 9.64 Å². The molecule has 2 fully saturated rings. The molecule has 1 atom stereocenters. The van der Waals surface area contributed by atoms with Crippen molar-refractivity contribution in [2.45, 2.75) is 15.8 Å². The first kappa shape index (κ1) is 16.6. The molecule has 0 aliphatic carbocycles. The van der Waals surface area contributed by atoms with Gasteiger partial charge in [0.15, 0.2) is 0 Å². The van der Waals surface area contributed by atoms with Crippen LogP contribution < -0.4 is 4.90 Å². The molecule has 7 heteroatoms. The highest BCUT2D eigenvalue weighted by Gasteiger charge is 2.47. The van der Waals surface area contributed by atoms with Crippen molar-refractivity contribution in [3.05, 3.63) is 53.0 Å². The fraction of sp³-hybridized carbons (Fsp3) is 0.222. The smallest absolute Gasteiger partial charge is 0.332 e. The van der Waals surface area contributed by atoms with Gasteiger partial charge in [0.2, 0.25) is 0 Å². The Morgan fingerprint density at radius 3 is 2.28 bits per heavy atom. The standard InChI is InChI=1S/C18H15BrN2O3S/c19-12-1-5-14(6-2-12)25-15-7-3-13(4-8-15)21-17(22)16-11-24-10-9-20(16)18(21)23/h1-8,16H,9-11H2. The number of nitrogens with zero attached hydrogens (tertiary/aromatic N) is 2. The molecule has 2 saturated heterocycles. The van der Waals surface area contributed by atoms with Crippen LogP contribution in [0.5, 0.6) is 0 Å². The largest absolute Gasteiger partial charge is 0.377 e. The second kappa shape index (κ2) is 6.82. The number of urea groups is 1. The van der Waals surface area contributed by atoms with Crippen LogP contribution >= 0.6 is 27.7 Å². The number of halogens is 1. The number of hydrogen-bond donors (Lipinski definition) is 0. The molecule has 0 N–H and O–H groups in total. The first-order valence-electron chi connectivity index (χ1n) is 7.89. The van der Waals surface area contributed by atoms with Crippen molar-refractivity contribution in [3.8, 4) is 0 Å². The molecule has 2 aliphatic rings. The van der Waals surface area contributed by atoms with Crippen molar-refractivity contribution in [2.75, 3.05) is 24.7 Å². The Labute approximate surface area is 158 Å². The number of fused-ring (bicyclic) bond motifs is 1. The van der Waals surface area contributed by atoms with E-state index in [2.05, 4.69) is 15.9 Å². The SMILES string of the molecule is O=C1C2COCCN2C(=O)N1c1ccc(Sc2ccc(Br)cc2)cc1. The Balaban J connectivity index is 1.53. The highest BCUT2D eigenvalue weighted by molar-refractivity contribution is 9.10. The van der Waals surface area contributed by atoms with Gasteiger partial charge >= 0.3 is 6.03 Å². The first-order chi connectivity index (χ1) is 12.1. The summed E-state index contributed by atoms with van der Waals surface area (Å²) >= 11 is 5.05. The summed E-state index contributed by atoms with van der Waals surface area (Å²) in [4.78, 5) is 30.1. The minimum Gasteiger partial charge on any atom is -0.377 e. The average molecular weight is 419 g/mol. The van der Waals surface area contributed by atoms with E-state index in [9.17, 15) is 9.59 Å². The molecule has 0 aromatic heterocycles. The van der Waals surface area contributed by atoms with E-state index >= 15 is 0 Å². The van der Waals surface area contributed by atoms with Gasteiger partial charge in [0.05, 0.1) is 18.9 Å². The summed E-state index contributed by atoms with van der Waals surface area (Å²) in [5, 5.41) is 0. The summed E-state index contributed by atoms with van der Waals surface area (Å²) in [6.45, 7) is 1.22. The third kappa shape index (κ3) is 3.19. The van der Waals surface area contributed by atoms with Gasteiger partial charge in [-0.25, -0.2) is 9.69 Å². The zero-order valence-corrected chi connectivity index (χ0v) is 15.6. The third-order valence-electron chi connectivity index (χ3n) is 4.22. The van der Waals surface area contributed by atoms with Gasteiger partial charge in [0.25, 0.3) is 5.91 Å². The summed E-state index contributed by atoms with van der Waals surface area (Å²) in [6, 6.07) is 14.8. The Morgan fingerprint density at radius 2 is 1.64 bits per heavy atom. The topological polar surface area (TPSA) is 49.9 Å². The van der Waals surface area contributed by atoms with Gasteiger partial charge in [-0.3, -0.25) is 4.79 Å². The summed E-state index contributed by atoms with van der Waals surface area (Å²) in [6.07, 6.45) is 0. The Kier molecular flexibility index (Phi) is 4.54. The number of hydrogen-bond acceptors (Lipinski definition) is 4. The summed E-state index contributed by atoms with van der Waals surface area (Å²) in [7, 11) is 0. The number of rotatable bonds is 3. The molecule has 25 heavy (non-hydrogen) atoms. The lowest BCUT2D eigenvalue weighted by atomic mass is 10.2. The van der Waals surface area contributed by atoms with Crippen LogP contribution in [0.15, 0.2) is 62.8 Å². The van der Waals surface area contributed by atoms with Crippen LogP contribution in [0, 0.1) is 0 Å². The number of carbonyl (C=O) groups excluding carboxylic acids is 2. The van der Waals surface area contributed by atoms with Crippen LogP contribution in [-0.4, -0.2) is 42.6 Å². The molecule has 2 aromatic rings. The average Bonchev–Trinajstić information content (AvgIpc) is 2.89. The number of benzene rings is 2. The lowest BCUT2D eigenvalue weighted by Crippen LogP contribution is -2.45. The minimum absolute atomic E-state index is 0.210. The van der Waals surface area contributed by atoms with Crippen molar-refractivity contribution in [2.24, 2.45) is 0 Å². The fourth-order valence-electron chi connectivity index (χ4n) is 2.95. The van der Waals surface area contributed by atoms with E-state index in [-0.39, 0.29) is 18.5 Å². The number of anilines is 1. The molecule has 0 saturated carbocycles. The fourth-order valence-corrected chi connectivity index (χ4v) is 4.03. The maximum atomic E-state index is 12.5. The Bertz CT molecular complexity index is 786. The maximum Gasteiger partial charge on any atom is 0.332 e. The van der Waals surface area contributed by atoms with E-state index in [4.69, 9.17) is 4.74 Å². The molecule has 1 unspecified atom stereocenters. The molecule has 3 amide bonds. The molecule has 2 aromatic carbocycles. The predicted octanol–water partition coefficient (Wildman–Crippen LogP) is 3.77. The van der Waals surface area contributed by atoms with Gasteiger partial charge in [0, 0.05) is 20.8 Å². The van der Waals surface area contributed by atoms with E-state index < -0.39 is 6.04 Å². The van der Waals surface area contributed by atoms with Crippen LogP contribution in [0.2, 0.25) is 0 Å². The zero-order valence-electron chi connectivity index (χ0n) is 13.2. The highest BCUT2D eigenvalue weighted by Crippen LogP contribution is 2.32. The molecule has 0 radical (unpaired) electrons. The monoisotopic (exact) mass is 418 g/mol. The van der Waals surface area contributed by atoms with Gasteiger partial charge in [-0.1, -0.05) is 27.7 Å². The van der Waals surface area contributed by atoms with Gasteiger partial charge in [-0.2, -0.15) is 0 Å². The zero-order chi connectivity index (χ0) is 17.4. The molecule has 5 nitrogen and oxygen atoms in total. The molecule has 0 bridgehead atoms. The van der Waals surface area contributed by atoms with Crippen LogP contribution in [0.4, 0.5) is 10.5 Å². The van der Waals surface area contributed by atoms with Crippen LogP contribution in [0.3, 0.4) is 0 Å². The van der Waals surface area contributed by atoms with Crippen LogP contribution in [0.25, 0.3) is 0 Å². The Morgan fingerprint density at radius 1 is 1.00 bits per heavy atom. The molecule has 0 spiro atoms. The second-order valence-corrected chi connectivity index (χ2v) is 7.85. The number of carbonyl (C=O) groups is 2. The maximum absolute atomic E-state index is 12.5. The van der Waals surface area contributed by atoms with E-state index in [0.717, 1.165) is 14.3 Å². The van der Waals surface area contributed by atoms with Crippen molar-refractivity contribution in [1.82, 2.24) is 4.90 Å². The lowest BCUT2D eigenvalue weighted by Gasteiger charge is -2.26. The van der Waals surface area contributed by atoms with Gasteiger partial charge in [0.1, 0.15) is 6.04 Å². The highest BCUT2D eigenvalue weighted by atomic mass is 79.9. The van der Waals surface area contributed by atoms with Crippen LogP contribution in [-0.2, 0) is 9.53 Å². The van der Waals surface area contributed by atoms with Gasteiger partial charge in [-0.05, 0) is 48.5 Å². The summed E-state index contributed by atoms with van der Waals surface area (Å²) in [5.41, 5.74) is 0.601. The molecular weight excluding hydrogens is 404 g/mol. The Hall–Kier alpha value is -1.83. The quantitative estimate of drug-likeness (QED) is 0.711. The normalized spacial score (nSPS) is 20.1. The number of morpholine rings is 1. The lowest BCUT2D eigenvalue weighted by molar-refractivity contribution is -0.123. The van der Waals surface area contributed by atoms with E-state index in [1.165, 1.54) is 4.90 Å². The van der Waals surface area contributed by atoms with Crippen molar-refractivity contribution >= 4 is 45.3 Å². The molecule has 4 rings (SSSR count). The van der Waals surface area contributed by atoms with E-state index in [0.29, 0.717) is 18.8 Å². The van der Waals surface area contributed by atoms with Crippen molar-refractivity contribution < 1.29 is 14.3 Å². The van der Waals surface area contributed by atoms with E-state index in [1.54, 1.807) is 16.7 Å². The van der Waals surface area contributed by atoms with Crippen molar-refractivity contribution in [1.29, 1.82) is 0 Å². The predicted molar refractivity (Wildman–Crippen MR) is 98.9 cm³/mol. The minimum atomic E-state index is -0.488. The van der Waals surface area contributed by atoms with E-state index in [1.807, 2.05) is 48.5 Å². The number of imide groups is 1. The summed E-state index contributed by atoms with van der Waals surface area (Å²) < 4.78 is 6.37. The van der Waals surface area contributed by atoms with Gasteiger partial charge in [-0.15, -0.1) is 0 Å². The van der Waals surface area contributed by atoms with Crippen LogP contribution in [0.1, 0.15) is 0 Å². The molecule has 2 aliphatic heterocycles. The summed E-state index contributed by atoms with van der Waals surface area (Å²) in [5.74, 6) is -0.210. The molecule has 2 heterocycles. The number of amides is 3. The molecular formula is C18H15BrN2O3S.